The summed E-state index contributed by atoms with van der Waals surface area (Å²) in [4.78, 5) is 12.2. The minimum atomic E-state index is -3.58. The number of carbonyl (C=O) groups is 1. The Bertz CT molecular complexity index is 1010. The molecule has 0 fully saturated rings. The molecule has 3 rings (SSSR count). The van der Waals surface area contributed by atoms with Gasteiger partial charge in [-0.2, -0.15) is 0 Å². The fourth-order valence-corrected chi connectivity index (χ4v) is 4.65. The van der Waals surface area contributed by atoms with Crippen molar-refractivity contribution in [2.75, 3.05) is 11.3 Å². The number of aryl methyl sites for hydroxylation is 1. The van der Waals surface area contributed by atoms with Crippen molar-refractivity contribution >= 4 is 33.0 Å². The van der Waals surface area contributed by atoms with E-state index in [1.807, 2.05) is 25.1 Å². The van der Waals surface area contributed by atoms with E-state index < -0.39 is 10.0 Å². The molecule has 2 aromatic carbocycles. The lowest BCUT2D eigenvalue weighted by Gasteiger charge is -2.08. The lowest BCUT2D eigenvalue weighted by molar-refractivity contribution is 0.0954. The highest BCUT2D eigenvalue weighted by atomic mass is 32.2. The molecular formula is C20H20N2O3S2. The third-order valence-electron chi connectivity index (χ3n) is 3.94. The number of hydrogen-bond donors (Lipinski definition) is 2. The van der Waals surface area contributed by atoms with Gasteiger partial charge in [-0.15, -0.1) is 11.3 Å². The number of carbonyl (C=O) groups excluding carboxylic acids is 1. The van der Waals surface area contributed by atoms with Gasteiger partial charge in [-0.3, -0.25) is 9.52 Å². The second-order valence-electron chi connectivity index (χ2n) is 6.11. The summed E-state index contributed by atoms with van der Waals surface area (Å²) in [6.45, 7) is 2.57. The van der Waals surface area contributed by atoms with Gasteiger partial charge in [0.25, 0.3) is 15.9 Å². The molecule has 2 N–H and O–H groups in total. The minimum Gasteiger partial charge on any atom is -0.352 e. The summed E-state index contributed by atoms with van der Waals surface area (Å²) in [5.74, 6) is -0.185. The Labute approximate surface area is 163 Å². The van der Waals surface area contributed by atoms with Crippen LogP contribution in [0.15, 0.2) is 70.3 Å². The molecule has 3 aromatic rings. The predicted octanol–water partition coefficient (Wildman–Crippen LogP) is 3.83. The molecule has 140 valence electrons. The SMILES string of the molecule is Cc1cccc(CCNC(=O)c2ccc(NS(=O)(=O)c3cccs3)cc2)c1. The molecule has 5 nitrogen and oxygen atoms in total. The van der Waals surface area contributed by atoms with Crippen molar-refractivity contribution in [1.82, 2.24) is 5.32 Å². The van der Waals surface area contributed by atoms with E-state index in [1.165, 1.54) is 11.1 Å². The number of sulfonamides is 1. The van der Waals surface area contributed by atoms with Crippen molar-refractivity contribution < 1.29 is 13.2 Å². The molecule has 0 unspecified atom stereocenters. The first-order chi connectivity index (χ1) is 12.9. The van der Waals surface area contributed by atoms with Crippen LogP contribution in [0.4, 0.5) is 5.69 Å². The van der Waals surface area contributed by atoms with E-state index >= 15 is 0 Å². The number of rotatable bonds is 7. The van der Waals surface area contributed by atoms with Crippen molar-refractivity contribution in [3.05, 3.63) is 82.7 Å². The highest BCUT2D eigenvalue weighted by Crippen LogP contribution is 2.20. The Morgan fingerprint density at radius 2 is 1.81 bits per heavy atom. The number of hydrogen-bond acceptors (Lipinski definition) is 4. The van der Waals surface area contributed by atoms with E-state index in [2.05, 4.69) is 16.1 Å². The monoisotopic (exact) mass is 400 g/mol. The van der Waals surface area contributed by atoms with Crippen molar-refractivity contribution in [2.24, 2.45) is 0 Å². The molecule has 0 saturated carbocycles. The maximum atomic E-state index is 12.2. The first-order valence-electron chi connectivity index (χ1n) is 8.44. The van der Waals surface area contributed by atoms with Gasteiger partial charge in [0.2, 0.25) is 0 Å². The van der Waals surface area contributed by atoms with Gasteiger partial charge in [-0.05, 0) is 54.6 Å². The van der Waals surface area contributed by atoms with Gasteiger partial charge in [-0.25, -0.2) is 8.42 Å². The van der Waals surface area contributed by atoms with E-state index in [-0.39, 0.29) is 10.1 Å². The molecule has 0 spiro atoms. The third kappa shape index (κ3) is 5.18. The number of thiophene rings is 1. The largest absolute Gasteiger partial charge is 0.352 e. The van der Waals surface area contributed by atoms with E-state index in [1.54, 1.807) is 41.8 Å². The molecular weight excluding hydrogens is 380 g/mol. The molecule has 7 heteroatoms. The van der Waals surface area contributed by atoms with Gasteiger partial charge < -0.3 is 5.32 Å². The van der Waals surface area contributed by atoms with Gasteiger partial charge in [0.05, 0.1) is 0 Å². The Hall–Kier alpha value is -2.64. The molecule has 1 amide bonds. The highest BCUT2D eigenvalue weighted by molar-refractivity contribution is 7.94. The van der Waals surface area contributed by atoms with Crippen molar-refractivity contribution in [3.8, 4) is 0 Å². The van der Waals surface area contributed by atoms with E-state index in [0.29, 0.717) is 17.8 Å². The first-order valence-corrected chi connectivity index (χ1v) is 10.8. The van der Waals surface area contributed by atoms with Gasteiger partial charge in [-0.1, -0.05) is 35.9 Å². The molecule has 0 aliphatic heterocycles. The second kappa shape index (κ2) is 8.37. The fourth-order valence-electron chi connectivity index (χ4n) is 2.60. The van der Waals surface area contributed by atoms with Crippen LogP contribution in [0.25, 0.3) is 0 Å². The first kappa shape index (κ1) is 19.1. The molecule has 0 atom stereocenters. The van der Waals surface area contributed by atoms with E-state index in [9.17, 15) is 13.2 Å². The summed E-state index contributed by atoms with van der Waals surface area (Å²) in [7, 11) is -3.58. The summed E-state index contributed by atoms with van der Waals surface area (Å²) in [6, 6.07) is 17.8. The highest BCUT2D eigenvalue weighted by Gasteiger charge is 2.15. The zero-order chi connectivity index (χ0) is 19.3. The smallest absolute Gasteiger partial charge is 0.271 e. The number of benzene rings is 2. The lowest BCUT2D eigenvalue weighted by Crippen LogP contribution is -2.25. The number of anilines is 1. The van der Waals surface area contributed by atoms with Crippen LogP contribution in [0.2, 0.25) is 0 Å². The van der Waals surface area contributed by atoms with Crippen molar-refractivity contribution in [3.63, 3.8) is 0 Å². The maximum absolute atomic E-state index is 12.2. The zero-order valence-electron chi connectivity index (χ0n) is 14.8. The van der Waals surface area contributed by atoms with Gasteiger partial charge >= 0.3 is 0 Å². The minimum absolute atomic E-state index is 0.185. The topological polar surface area (TPSA) is 75.3 Å². The molecule has 0 aliphatic carbocycles. The molecule has 0 saturated heterocycles. The quantitative estimate of drug-likeness (QED) is 0.633. The third-order valence-corrected chi connectivity index (χ3v) is 6.72. The molecule has 0 bridgehead atoms. The lowest BCUT2D eigenvalue weighted by atomic mass is 10.1. The van der Waals surface area contributed by atoms with Gasteiger partial charge in [0.1, 0.15) is 4.21 Å². The van der Waals surface area contributed by atoms with Gasteiger partial charge in [0.15, 0.2) is 0 Å². The predicted molar refractivity (Wildman–Crippen MR) is 109 cm³/mol. The number of nitrogens with one attached hydrogen (secondary N) is 2. The van der Waals surface area contributed by atoms with Crippen LogP contribution < -0.4 is 10.0 Å². The summed E-state index contributed by atoms with van der Waals surface area (Å²) in [5.41, 5.74) is 3.27. The average Bonchev–Trinajstić information content (AvgIpc) is 3.18. The maximum Gasteiger partial charge on any atom is 0.271 e. The van der Waals surface area contributed by atoms with Crippen LogP contribution in [0, 0.1) is 6.92 Å². The number of amides is 1. The van der Waals surface area contributed by atoms with Crippen LogP contribution in [-0.2, 0) is 16.4 Å². The Balaban J connectivity index is 1.56. The molecule has 27 heavy (non-hydrogen) atoms. The summed E-state index contributed by atoms with van der Waals surface area (Å²) >= 11 is 1.15. The Morgan fingerprint density at radius 1 is 1.04 bits per heavy atom. The molecule has 1 aromatic heterocycles. The van der Waals surface area contributed by atoms with Crippen molar-refractivity contribution in [1.29, 1.82) is 0 Å². The normalized spacial score (nSPS) is 11.1. The second-order valence-corrected chi connectivity index (χ2v) is 8.97. The van der Waals surface area contributed by atoms with Gasteiger partial charge in [0, 0.05) is 17.8 Å². The summed E-state index contributed by atoms with van der Waals surface area (Å²) in [6.07, 6.45) is 0.756. The molecule has 0 radical (unpaired) electrons. The average molecular weight is 401 g/mol. The van der Waals surface area contributed by atoms with Crippen LogP contribution >= 0.6 is 11.3 Å². The Kier molecular flexibility index (Phi) is 5.93. The van der Waals surface area contributed by atoms with Crippen LogP contribution in [0.1, 0.15) is 21.5 Å². The van der Waals surface area contributed by atoms with E-state index in [0.717, 1.165) is 17.8 Å². The Morgan fingerprint density at radius 3 is 2.48 bits per heavy atom. The zero-order valence-corrected chi connectivity index (χ0v) is 16.4. The molecule has 0 aliphatic rings. The van der Waals surface area contributed by atoms with Crippen LogP contribution in [0.5, 0.6) is 0 Å². The summed E-state index contributed by atoms with van der Waals surface area (Å²) in [5, 5.41) is 4.59. The summed E-state index contributed by atoms with van der Waals surface area (Å²) < 4.78 is 27.2. The van der Waals surface area contributed by atoms with E-state index in [4.69, 9.17) is 0 Å². The van der Waals surface area contributed by atoms with Crippen LogP contribution in [0.3, 0.4) is 0 Å². The standard InChI is InChI=1S/C20H20N2O3S2/c1-15-4-2-5-16(14-15)11-12-21-20(23)17-7-9-18(10-8-17)22-27(24,25)19-6-3-13-26-19/h2-10,13-14,22H,11-12H2,1H3,(H,21,23). The van der Waals surface area contributed by atoms with Crippen LogP contribution in [-0.4, -0.2) is 20.9 Å². The molecule has 1 heterocycles. The van der Waals surface area contributed by atoms with Crippen molar-refractivity contribution in [2.45, 2.75) is 17.6 Å². The fraction of sp³-hybridized carbons (Fsp3) is 0.150.